The summed E-state index contributed by atoms with van der Waals surface area (Å²) >= 11 is 2.28. The summed E-state index contributed by atoms with van der Waals surface area (Å²) in [7, 11) is 0. The zero-order valence-corrected chi connectivity index (χ0v) is 25.4. The van der Waals surface area contributed by atoms with Gasteiger partial charge in [-0.15, -0.1) is 11.5 Å². The van der Waals surface area contributed by atoms with Crippen LogP contribution in [-0.4, -0.2) is 21.3 Å². The molecule has 0 unspecified atom stereocenters. The number of aldehydes is 1. The predicted octanol–water partition coefficient (Wildman–Crippen LogP) is 8.63. The Morgan fingerprint density at radius 2 is 1.30 bits per heavy atom. The van der Waals surface area contributed by atoms with Gasteiger partial charge in [-0.05, 0) is 71.1 Å². The molecule has 1 aromatic heterocycles. The normalized spacial score (nSPS) is 8.68. The van der Waals surface area contributed by atoms with Crippen LogP contribution >= 0.6 is 22.6 Å². The van der Waals surface area contributed by atoms with Crippen LogP contribution in [-0.2, 0) is 0 Å². The first-order chi connectivity index (χ1) is 19.6. The summed E-state index contributed by atoms with van der Waals surface area (Å²) in [5.74, 6) is 2.47. The summed E-state index contributed by atoms with van der Waals surface area (Å²) in [5.41, 5.74) is 4.78. The van der Waals surface area contributed by atoms with Crippen molar-refractivity contribution in [2.24, 2.45) is 0 Å². The van der Waals surface area contributed by atoms with E-state index >= 15 is 0 Å². The Balaban J connectivity index is 0.000000320. The number of terminal acetylenes is 1. The zero-order chi connectivity index (χ0) is 29.6. The molecule has 202 valence electrons. The highest BCUT2D eigenvalue weighted by Gasteiger charge is 2.05. The van der Waals surface area contributed by atoms with Gasteiger partial charge in [-0.1, -0.05) is 99.5 Å². The molecule has 0 amide bonds. The van der Waals surface area contributed by atoms with Crippen molar-refractivity contribution >= 4 is 28.9 Å². The van der Waals surface area contributed by atoms with Gasteiger partial charge in [0.15, 0.2) is 0 Å². The largest absolute Gasteiger partial charge is 0.298 e. The smallest absolute Gasteiger partial charge is 0.150 e. The van der Waals surface area contributed by atoms with Crippen LogP contribution in [0.2, 0.25) is 0 Å². The number of hydrogen-bond acceptors (Lipinski definition) is 4. The van der Waals surface area contributed by atoms with Crippen LogP contribution < -0.4 is 0 Å². The molecule has 0 spiro atoms. The lowest BCUT2D eigenvalue weighted by Gasteiger charge is -1.98. The second-order valence-electron chi connectivity index (χ2n) is 7.25. The van der Waals surface area contributed by atoms with Crippen molar-refractivity contribution in [1.29, 1.82) is 5.26 Å². The standard InChI is InChI=1S/C15H11N3O.C9H5N.C6H5I.2C2H6/c19-11-12-6-8-13(9-7-12)15-10-18(17-16-15)14-4-2-1-3-5-14;1-2-8-3-5-9(7-10)6-4-8;7-6-4-2-1-3-5-6;2*1-2/h1-11H;1,3-6H;1-5H;2*1-2H3. The Morgan fingerprint density at radius 3 is 1.75 bits per heavy atom. The van der Waals surface area contributed by atoms with Crippen molar-refractivity contribution in [3.63, 3.8) is 0 Å². The van der Waals surface area contributed by atoms with Gasteiger partial charge in [-0.25, -0.2) is 4.68 Å². The van der Waals surface area contributed by atoms with Crippen LogP contribution in [0.15, 0.2) is 115 Å². The van der Waals surface area contributed by atoms with Gasteiger partial charge in [0.05, 0.1) is 23.5 Å². The fraction of sp³-hybridized carbons (Fsp3) is 0.118. The van der Waals surface area contributed by atoms with Crippen LogP contribution in [0.3, 0.4) is 0 Å². The van der Waals surface area contributed by atoms with Crippen molar-refractivity contribution < 1.29 is 4.79 Å². The van der Waals surface area contributed by atoms with Crippen LogP contribution in [0.5, 0.6) is 0 Å². The first-order valence-corrected chi connectivity index (χ1v) is 13.9. The number of rotatable bonds is 3. The Labute approximate surface area is 251 Å². The molecule has 0 aliphatic rings. The summed E-state index contributed by atoms with van der Waals surface area (Å²) in [6.45, 7) is 8.00. The van der Waals surface area contributed by atoms with Gasteiger partial charge in [0.2, 0.25) is 0 Å². The third-order valence-electron chi connectivity index (χ3n) is 4.77. The van der Waals surface area contributed by atoms with Crippen LogP contribution in [0, 0.1) is 27.2 Å². The lowest BCUT2D eigenvalue weighted by atomic mass is 10.1. The number of carbonyl (C=O) groups excluding carboxylic acids is 1. The molecule has 0 aliphatic carbocycles. The molecule has 6 heteroatoms. The van der Waals surface area contributed by atoms with Gasteiger partial charge >= 0.3 is 0 Å². The summed E-state index contributed by atoms with van der Waals surface area (Å²) in [6, 6.07) is 36.2. The SMILES string of the molecule is C#Cc1ccc(C#N)cc1.CC.CC.Ic1ccccc1.O=Cc1ccc(-c2cn(-c3ccccc3)nn2)cc1. The molecule has 5 nitrogen and oxygen atoms in total. The summed E-state index contributed by atoms with van der Waals surface area (Å²) < 4.78 is 3.02. The van der Waals surface area contributed by atoms with E-state index in [-0.39, 0.29) is 0 Å². The first-order valence-electron chi connectivity index (χ1n) is 12.8. The van der Waals surface area contributed by atoms with Crippen LogP contribution in [0.4, 0.5) is 0 Å². The molecule has 5 rings (SSSR count). The molecule has 0 bridgehead atoms. The number of carbonyl (C=O) groups is 1. The topological polar surface area (TPSA) is 71.6 Å². The van der Waals surface area contributed by atoms with E-state index in [0.717, 1.165) is 28.8 Å². The average Bonchev–Trinajstić information content (AvgIpc) is 3.55. The summed E-state index contributed by atoms with van der Waals surface area (Å²) in [4.78, 5) is 10.6. The summed E-state index contributed by atoms with van der Waals surface area (Å²) in [6.07, 6.45) is 7.80. The van der Waals surface area contributed by atoms with Gasteiger partial charge in [0.1, 0.15) is 12.0 Å². The van der Waals surface area contributed by atoms with Crippen molar-refractivity contribution in [3.05, 3.63) is 136 Å². The molecule has 5 aromatic rings. The Morgan fingerprint density at radius 1 is 0.775 bits per heavy atom. The molecular formula is C34H33IN4O. The van der Waals surface area contributed by atoms with Gasteiger partial charge in [0, 0.05) is 20.3 Å². The van der Waals surface area contributed by atoms with Crippen molar-refractivity contribution in [1.82, 2.24) is 15.0 Å². The molecular weight excluding hydrogens is 607 g/mol. The van der Waals surface area contributed by atoms with Gasteiger partial charge < -0.3 is 0 Å². The molecule has 0 saturated carbocycles. The number of para-hydroxylation sites is 1. The zero-order valence-electron chi connectivity index (χ0n) is 23.2. The third-order valence-corrected chi connectivity index (χ3v) is 5.49. The quantitative estimate of drug-likeness (QED) is 0.113. The van der Waals surface area contributed by atoms with E-state index < -0.39 is 0 Å². The fourth-order valence-corrected chi connectivity index (χ4v) is 3.31. The summed E-state index contributed by atoms with van der Waals surface area (Å²) in [5, 5.41) is 16.6. The maximum Gasteiger partial charge on any atom is 0.150 e. The Kier molecular flexibility index (Phi) is 17.1. The van der Waals surface area contributed by atoms with E-state index in [4.69, 9.17) is 11.7 Å². The molecule has 1 heterocycles. The molecule has 0 fully saturated rings. The minimum absolute atomic E-state index is 0.638. The monoisotopic (exact) mass is 640 g/mol. The van der Waals surface area contributed by atoms with E-state index in [1.165, 1.54) is 3.57 Å². The van der Waals surface area contributed by atoms with Crippen molar-refractivity contribution in [2.75, 3.05) is 0 Å². The van der Waals surface area contributed by atoms with Crippen LogP contribution in [0.1, 0.15) is 49.2 Å². The maximum atomic E-state index is 10.6. The highest BCUT2D eigenvalue weighted by molar-refractivity contribution is 14.1. The van der Waals surface area contributed by atoms with Gasteiger partial charge in [-0.2, -0.15) is 5.26 Å². The molecule has 0 saturated heterocycles. The fourth-order valence-electron chi connectivity index (χ4n) is 2.89. The molecule has 0 radical (unpaired) electrons. The van der Waals surface area contributed by atoms with Gasteiger partial charge in [-0.3, -0.25) is 4.79 Å². The number of halogens is 1. The van der Waals surface area contributed by atoms with E-state index in [1.807, 2.05) is 101 Å². The number of nitrogens with zero attached hydrogens (tertiary/aromatic N) is 4. The predicted molar refractivity (Wildman–Crippen MR) is 173 cm³/mol. The second-order valence-corrected chi connectivity index (χ2v) is 8.50. The van der Waals surface area contributed by atoms with E-state index in [9.17, 15) is 4.79 Å². The average molecular weight is 641 g/mol. The maximum absolute atomic E-state index is 10.6. The minimum atomic E-state index is 0.638. The molecule has 0 N–H and O–H groups in total. The van der Waals surface area contributed by atoms with Crippen molar-refractivity contribution in [3.8, 4) is 35.4 Å². The van der Waals surface area contributed by atoms with Crippen LogP contribution in [0.25, 0.3) is 16.9 Å². The number of nitriles is 1. The minimum Gasteiger partial charge on any atom is -0.298 e. The Hall–Kier alpha value is -4.53. The highest BCUT2D eigenvalue weighted by Crippen LogP contribution is 2.18. The number of aromatic nitrogens is 3. The lowest BCUT2D eigenvalue weighted by molar-refractivity contribution is 0.112. The molecule has 40 heavy (non-hydrogen) atoms. The number of benzene rings is 4. The second kappa shape index (κ2) is 20.4. The van der Waals surface area contributed by atoms with E-state index in [1.54, 1.807) is 41.1 Å². The van der Waals surface area contributed by atoms with E-state index in [0.29, 0.717) is 11.1 Å². The van der Waals surface area contributed by atoms with Crippen molar-refractivity contribution in [2.45, 2.75) is 27.7 Å². The first kappa shape index (κ1) is 33.5. The highest BCUT2D eigenvalue weighted by atomic mass is 127. The molecule has 0 aliphatic heterocycles. The molecule has 0 atom stereocenters. The lowest BCUT2D eigenvalue weighted by Crippen LogP contribution is -1.93. The number of hydrogen-bond donors (Lipinski definition) is 0. The van der Waals surface area contributed by atoms with Gasteiger partial charge in [0.25, 0.3) is 0 Å². The van der Waals surface area contributed by atoms with E-state index in [2.05, 4.69) is 51.0 Å². The third kappa shape index (κ3) is 11.9. The Bertz CT molecular complexity index is 1420. The molecule has 4 aromatic carbocycles.